The van der Waals surface area contributed by atoms with Gasteiger partial charge >= 0.3 is 0 Å². The average molecular weight is 285 g/mol. The van der Waals surface area contributed by atoms with E-state index < -0.39 is 0 Å². The van der Waals surface area contributed by atoms with Gasteiger partial charge in [0.15, 0.2) is 0 Å². The lowest BCUT2D eigenvalue weighted by molar-refractivity contribution is 0.287. The number of halogens is 1. The van der Waals surface area contributed by atoms with Crippen molar-refractivity contribution >= 4 is 0 Å². The van der Waals surface area contributed by atoms with Crippen LogP contribution in [0.15, 0.2) is 48.5 Å². The second kappa shape index (κ2) is 6.27. The molecule has 3 heteroatoms. The Hall–Kier alpha value is -1.87. The molecule has 0 aromatic heterocycles. The lowest BCUT2D eigenvalue weighted by Gasteiger charge is -2.36. The van der Waals surface area contributed by atoms with Crippen LogP contribution in [0.4, 0.5) is 4.39 Å². The van der Waals surface area contributed by atoms with Crippen LogP contribution >= 0.6 is 0 Å². The summed E-state index contributed by atoms with van der Waals surface area (Å²) in [6.07, 6.45) is 2.14. The zero-order chi connectivity index (χ0) is 14.7. The van der Waals surface area contributed by atoms with Crippen LogP contribution in [-0.2, 0) is 6.54 Å². The molecule has 21 heavy (non-hydrogen) atoms. The number of ether oxygens (including phenoxy) is 1. The second-order valence-corrected chi connectivity index (χ2v) is 5.61. The molecular weight excluding hydrogens is 265 g/mol. The van der Waals surface area contributed by atoms with Crippen molar-refractivity contribution in [1.29, 1.82) is 0 Å². The van der Waals surface area contributed by atoms with Crippen LogP contribution in [-0.4, -0.2) is 13.2 Å². The summed E-state index contributed by atoms with van der Waals surface area (Å²) in [6.45, 7) is 0.810. The lowest BCUT2D eigenvalue weighted by Crippen LogP contribution is -2.39. The number of methoxy groups -OCH3 is 1. The van der Waals surface area contributed by atoms with Crippen molar-refractivity contribution in [3.05, 3.63) is 65.5 Å². The zero-order valence-electron chi connectivity index (χ0n) is 12.2. The molecule has 2 nitrogen and oxygen atoms in total. The van der Waals surface area contributed by atoms with Gasteiger partial charge in [-0.25, -0.2) is 4.39 Å². The Morgan fingerprint density at radius 1 is 1.14 bits per heavy atom. The van der Waals surface area contributed by atoms with Crippen molar-refractivity contribution in [2.45, 2.75) is 31.3 Å². The number of rotatable bonds is 5. The Balaban J connectivity index is 1.51. The van der Waals surface area contributed by atoms with Gasteiger partial charge in [-0.15, -0.1) is 0 Å². The molecule has 110 valence electrons. The fourth-order valence-corrected chi connectivity index (χ4v) is 2.92. The minimum atomic E-state index is -0.141. The molecule has 0 unspecified atom stereocenters. The molecule has 3 rings (SSSR count). The molecule has 1 aliphatic carbocycles. The molecule has 0 aliphatic heterocycles. The fourth-order valence-electron chi connectivity index (χ4n) is 2.92. The summed E-state index contributed by atoms with van der Waals surface area (Å²) in [7, 11) is 1.70. The number of para-hydroxylation sites is 1. The molecule has 1 N–H and O–H groups in total. The monoisotopic (exact) mass is 285 g/mol. The third-order valence-electron chi connectivity index (χ3n) is 4.23. The summed E-state index contributed by atoms with van der Waals surface area (Å²) >= 11 is 0. The second-order valence-electron chi connectivity index (χ2n) is 5.61. The van der Waals surface area contributed by atoms with Gasteiger partial charge in [-0.1, -0.05) is 30.3 Å². The first kappa shape index (κ1) is 14.1. The average Bonchev–Trinajstić information content (AvgIpc) is 2.46. The first-order chi connectivity index (χ1) is 10.3. The van der Waals surface area contributed by atoms with E-state index in [-0.39, 0.29) is 5.82 Å². The van der Waals surface area contributed by atoms with Crippen LogP contribution in [0.5, 0.6) is 5.75 Å². The van der Waals surface area contributed by atoms with Crippen LogP contribution in [0.3, 0.4) is 0 Å². The van der Waals surface area contributed by atoms with Gasteiger partial charge in [0.1, 0.15) is 11.6 Å². The first-order valence-electron chi connectivity index (χ1n) is 7.37. The maximum absolute atomic E-state index is 13.2. The normalized spacial score (nSPS) is 20.9. The summed E-state index contributed by atoms with van der Waals surface area (Å²) in [5, 5.41) is 3.55. The van der Waals surface area contributed by atoms with E-state index >= 15 is 0 Å². The van der Waals surface area contributed by atoms with Crippen LogP contribution in [0.2, 0.25) is 0 Å². The van der Waals surface area contributed by atoms with E-state index in [4.69, 9.17) is 4.74 Å². The SMILES string of the molecule is COc1ccccc1CNC1CC(c2cccc(F)c2)C1. The third kappa shape index (κ3) is 3.24. The van der Waals surface area contributed by atoms with E-state index in [9.17, 15) is 4.39 Å². The smallest absolute Gasteiger partial charge is 0.123 e. The van der Waals surface area contributed by atoms with Crippen molar-refractivity contribution in [1.82, 2.24) is 5.32 Å². The highest BCUT2D eigenvalue weighted by molar-refractivity contribution is 5.33. The van der Waals surface area contributed by atoms with Gasteiger partial charge in [0.05, 0.1) is 7.11 Å². The van der Waals surface area contributed by atoms with Crippen molar-refractivity contribution in [3.63, 3.8) is 0 Å². The van der Waals surface area contributed by atoms with E-state index in [1.54, 1.807) is 19.2 Å². The van der Waals surface area contributed by atoms with Crippen LogP contribution in [0, 0.1) is 5.82 Å². The number of hydrogen-bond donors (Lipinski definition) is 1. The molecule has 0 heterocycles. The number of benzene rings is 2. The van der Waals surface area contributed by atoms with Gasteiger partial charge in [0.2, 0.25) is 0 Å². The topological polar surface area (TPSA) is 21.3 Å². The summed E-state index contributed by atoms with van der Waals surface area (Å²) in [4.78, 5) is 0. The lowest BCUT2D eigenvalue weighted by atomic mass is 9.76. The predicted molar refractivity (Wildman–Crippen MR) is 82.0 cm³/mol. The largest absolute Gasteiger partial charge is 0.496 e. The zero-order valence-corrected chi connectivity index (χ0v) is 12.2. The molecule has 2 aromatic carbocycles. The number of hydrogen-bond acceptors (Lipinski definition) is 2. The summed E-state index contributed by atoms with van der Waals surface area (Å²) < 4.78 is 18.6. The van der Waals surface area contributed by atoms with E-state index in [0.29, 0.717) is 12.0 Å². The molecule has 1 fully saturated rings. The summed E-state index contributed by atoms with van der Waals surface area (Å²) in [6, 6.07) is 15.5. The van der Waals surface area contributed by atoms with Crippen LogP contribution < -0.4 is 10.1 Å². The molecule has 0 saturated heterocycles. The Labute approximate surface area is 125 Å². The molecule has 2 aromatic rings. The maximum Gasteiger partial charge on any atom is 0.123 e. The predicted octanol–water partition coefficient (Wildman–Crippen LogP) is 3.87. The Kier molecular flexibility index (Phi) is 4.20. The molecule has 0 amide bonds. The van der Waals surface area contributed by atoms with Gasteiger partial charge in [0, 0.05) is 18.2 Å². The summed E-state index contributed by atoms with van der Waals surface area (Å²) in [5.41, 5.74) is 2.29. The van der Waals surface area contributed by atoms with E-state index in [2.05, 4.69) is 11.4 Å². The Morgan fingerprint density at radius 3 is 2.71 bits per heavy atom. The first-order valence-corrected chi connectivity index (χ1v) is 7.37. The van der Waals surface area contributed by atoms with Gasteiger partial charge in [-0.3, -0.25) is 0 Å². The van der Waals surface area contributed by atoms with Crippen molar-refractivity contribution in [2.24, 2.45) is 0 Å². The minimum absolute atomic E-state index is 0.141. The molecule has 0 atom stereocenters. The highest BCUT2D eigenvalue weighted by Crippen LogP contribution is 2.37. The van der Waals surface area contributed by atoms with Crippen molar-refractivity contribution in [3.8, 4) is 5.75 Å². The van der Waals surface area contributed by atoms with E-state index in [1.807, 2.05) is 24.3 Å². The quantitative estimate of drug-likeness (QED) is 0.900. The van der Waals surface area contributed by atoms with Crippen LogP contribution in [0.25, 0.3) is 0 Å². The molecule has 0 radical (unpaired) electrons. The molecule has 0 spiro atoms. The van der Waals surface area contributed by atoms with Crippen LogP contribution in [0.1, 0.15) is 29.9 Å². The molecular formula is C18H20FNO. The van der Waals surface area contributed by atoms with Crippen molar-refractivity contribution < 1.29 is 9.13 Å². The summed E-state index contributed by atoms with van der Waals surface area (Å²) in [5.74, 6) is 1.26. The Bertz CT molecular complexity index is 608. The maximum atomic E-state index is 13.2. The fraction of sp³-hybridized carbons (Fsp3) is 0.333. The molecule has 0 bridgehead atoms. The Morgan fingerprint density at radius 2 is 1.95 bits per heavy atom. The molecule has 1 aliphatic rings. The van der Waals surface area contributed by atoms with Gasteiger partial charge in [0.25, 0.3) is 0 Å². The van der Waals surface area contributed by atoms with Crippen molar-refractivity contribution in [2.75, 3.05) is 7.11 Å². The van der Waals surface area contributed by atoms with Gasteiger partial charge in [-0.05, 0) is 42.5 Å². The minimum Gasteiger partial charge on any atom is -0.496 e. The highest BCUT2D eigenvalue weighted by Gasteiger charge is 2.30. The standard InChI is InChI=1S/C18H20FNO/c1-21-18-8-3-2-5-14(18)12-20-17-10-15(11-17)13-6-4-7-16(19)9-13/h2-9,15,17,20H,10-12H2,1H3. The third-order valence-corrected chi connectivity index (χ3v) is 4.23. The van der Waals surface area contributed by atoms with E-state index in [0.717, 1.165) is 30.7 Å². The van der Waals surface area contributed by atoms with Gasteiger partial charge in [-0.2, -0.15) is 0 Å². The van der Waals surface area contributed by atoms with E-state index in [1.165, 1.54) is 11.6 Å². The van der Waals surface area contributed by atoms with Gasteiger partial charge < -0.3 is 10.1 Å². The number of nitrogens with one attached hydrogen (secondary N) is 1. The highest BCUT2D eigenvalue weighted by atomic mass is 19.1. The molecule has 1 saturated carbocycles.